The summed E-state index contributed by atoms with van der Waals surface area (Å²) in [7, 11) is 1.41. The minimum absolute atomic E-state index is 0.207. The molecule has 104 valence electrons. The van der Waals surface area contributed by atoms with E-state index >= 15 is 0 Å². The molecule has 1 saturated heterocycles. The van der Waals surface area contributed by atoms with Crippen LogP contribution in [0.25, 0.3) is 0 Å². The number of guanidine groups is 1. The fourth-order valence-electron chi connectivity index (χ4n) is 2.16. The molecule has 18 heavy (non-hydrogen) atoms. The average molecular weight is 255 g/mol. The van der Waals surface area contributed by atoms with Crippen LogP contribution in [0.4, 0.5) is 0 Å². The van der Waals surface area contributed by atoms with Crippen LogP contribution in [-0.4, -0.2) is 50.1 Å². The molecule has 0 radical (unpaired) electrons. The number of carbonyl (C=O) groups is 1. The Morgan fingerprint density at radius 3 is 2.94 bits per heavy atom. The average Bonchev–Trinajstić information content (AvgIpc) is 2.37. The van der Waals surface area contributed by atoms with Gasteiger partial charge >= 0.3 is 5.97 Å². The number of methoxy groups -OCH3 is 1. The van der Waals surface area contributed by atoms with E-state index in [9.17, 15) is 4.79 Å². The van der Waals surface area contributed by atoms with Gasteiger partial charge in [-0.1, -0.05) is 6.92 Å². The minimum Gasteiger partial charge on any atom is -0.469 e. The van der Waals surface area contributed by atoms with Gasteiger partial charge in [0, 0.05) is 19.6 Å². The largest absolute Gasteiger partial charge is 0.469 e. The van der Waals surface area contributed by atoms with Gasteiger partial charge < -0.3 is 15.0 Å². The second-order valence-corrected chi connectivity index (χ2v) is 4.76. The van der Waals surface area contributed by atoms with Gasteiger partial charge in [-0.25, -0.2) is 0 Å². The van der Waals surface area contributed by atoms with E-state index in [-0.39, 0.29) is 5.97 Å². The van der Waals surface area contributed by atoms with Crippen LogP contribution in [0.2, 0.25) is 0 Å². The Kier molecular flexibility index (Phi) is 6.54. The Labute approximate surface area is 110 Å². The summed E-state index contributed by atoms with van der Waals surface area (Å²) in [5, 5.41) is 3.29. The third-order valence-electron chi connectivity index (χ3n) is 3.10. The first-order valence-corrected chi connectivity index (χ1v) is 6.77. The van der Waals surface area contributed by atoms with E-state index in [4.69, 9.17) is 0 Å². The van der Waals surface area contributed by atoms with Crippen LogP contribution in [0.5, 0.6) is 0 Å². The third kappa shape index (κ3) is 4.94. The Balaban J connectivity index is 2.51. The number of ether oxygens (including phenoxy) is 1. The first-order chi connectivity index (χ1) is 8.67. The van der Waals surface area contributed by atoms with Gasteiger partial charge in [0.2, 0.25) is 0 Å². The maximum absolute atomic E-state index is 11.1. The van der Waals surface area contributed by atoms with Crippen molar-refractivity contribution in [3.05, 3.63) is 0 Å². The molecule has 0 aromatic carbocycles. The van der Waals surface area contributed by atoms with Crippen LogP contribution in [-0.2, 0) is 9.53 Å². The standard InChI is InChI=1S/C13H25N3O2/c1-4-14-13(15-8-7-12(17)18-3)16-9-5-6-11(2)10-16/h11H,4-10H2,1-3H3,(H,14,15). The lowest BCUT2D eigenvalue weighted by atomic mass is 10.0. The van der Waals surface area contributed by atoms with Crippen molar-refractivity contribution >= 4 is 11.9 Å². The van der Waals surface area contributed by atoms with E-state index < -0.39 is 0 Å². The molecule has 0 amide bonds. The van der Waals surface area contributed by atoms with Gasteiger partial charge in [0.1, 0.15) is 0 Å². The maximum atomic E-state index is 11.1. The van der Waals surface area contributed by atoms with Gasteiger partial charge in [-0.05, 0) is 25.7 Å². The summed E-state index contributed by atoms with van der Waals surface area (Å²) in [6.07, 6.45) is 2.84. The number of hydrogen-bond donors (Lipinski definition) is 1. The number of nitrogens with zero attached hydrogens (tertiary/aromatic N) is 2. The van der Waals surface area contributed by atoms with Crippen molar-refractivity contribution in [2.75, 3.05) is 33.3 Å². The zero-order chi connectivity index (χ0) is 13.4. The molecule has 0 aliphatic carbocycles. The van der Waals surface area contributed by atoms with E-state index in [1.54, 1.807) is 0 Å². The van der Waals surface area contributed by atoms with Gasteiger partial charge in [0.25, 0.3) is 0 Å². The molecule has 1 aliphatic rings. The fraction of sp³-hybridized carbons (Fsp3) is 0.846. The molecule has 1 N–H and O–H groups in total. The van der Waals surface area contributed by atoms with Gasteiger partial charge in [0.15, 0.2) is 5.96 Å². The molecule has 1 unspecified atom stereocenters. The second kappa shape index (κ2) is 7.95. The number of nitrogens with one attached hydrogen (secondary N) is 1. The van der Waals surface area contributed by atoms with E-state index in [1.807, 2.05) is 0 Å². The lowest BCUT2D eigenvalue weighted by Gasteiger charge is -2.33. The normalized spacial score (nSPS) is 20.7. The van der Waals surface area contributed by atoms with Crippen LogP contribution in [0, 0.1) is 5.92 Å². The molecule has 0 saturated carbocycles. The van der Waals surface area contributed by atoms with Crippen LogP contribution in [0.15, 0.2) is 4.99 Å². The first kappa shape index (κ1) is 14.8. The number of aliphatic imine (C=N–C) groups is 1. The topological polar surface area (TPSA) is 53.9 Å². The van der Waals surface area contributed by atoms with Crippen LogP contribution < -0.4 is 5.32 Å². The Morgan fingerprint density at radius 2 is 2.33 bits per heavy atom. The molecule has 1 heterocycles. The first-order valence-electron chi connectivity index (χ1n) is 6.77. The Morgan fingerprint density at radius 1 is 1.56 bits per heavy atom. The highest BCUT2D eigenvalue weighted by Gasteiger charge is 2.18. The van der Waals surface area contributed by atoms with Crippen LogP contribution in [0.1, 0.15) is 33.1 Å². The van der Waals surface area contributed by atoms with E-state index in [0.717, 1.165) is 25.6 Å². The van der Waals surface area contributed by atoms with Gasteiger partial charge in [-0.2, -0.15) is 0 Å². The zero-order valence-electron chi connectivity index (χ0n) is 11.7. The van der Waals surface area contributed by atoms with Crippen molar-refractivity contribution in [1.82, 2.24) is 10.2 Å². The summed E-state index contributed by atoms with van der Waals surface area (Å²) >= 11 is 0. The number of hydrogen-bond acceptors (Lipinski definition) is 3. The summed E-state index contributed by atoms with van der Waals surface area (Å²) in [6.45, 7) is 7.76. The van der Waals surface area contributed by atoms with Gasteiger partial charge in [-0.15, -0.1) is 0 Å². The number of rotatable bonds is 4. The maximum Gasteiger partial charge on any atom is 0.307 e. The predicted molar refractivity (Wildman–Crippen MR) is 72.6 cm³/mol. The monoisotopic (exact) mass is 255 g/mol. The van der Waals surface area contributed by atoms with Crippen molar-refractivity contribution in [1.29, 1.82) is 0 Å². The van der Waals surface area contributed by atoms with E-state index in [1.165, 1.54) is 20.0 Å². The summed E-state index contributed by atoms with van der Waals surface area (Å²) in [4.78, 5) is 17.8. The summed E-state index contributed by atoms with van der Waals surface area (Å²) in [6, 6.07) is 0. The minimum atomic E-state index is -0.207. The molecular weight excluding hydrogens is 230 g/mol. The van der Waals surface area contributed by atoms with E-state index in [0.29, 0.717) is 18.9 Å². The lowest BCUT2D eigenvalue weighted by Crippen LogP contribution is -2.46. The molecule has 1 fully saturated rings. The third-order valence-corrected chi connectivity index (χ3v) is 3.10. The molecule has 1 rings (SSSR count). The van der Waals surface area contributed by atoms with Crippen molar-refractivity contribution in [3.63, 3.8) is 0 Å². The SMILES string of the molecule is CCNC(=NCCC(=O)OC)N1CCCC(C)C1. The fourth-order valence-corrected chi connectivity index (χ4v) is 2.16. The molecule has 0 aromatic heterocycles. The smallest absolute Gasteiger partial charge is 0.307 e. The molecule has 1 aliphatic heterocycles. The van der Waals surface area contributed by atoms with Crippen molar-refractivity contribution < 1.29 is 9.53 Å². The predicted octanol–water partition coefficient (Wildman–Crippen LogP) is 1.25. The number of carbonyl (C=O) groups excluding carboxylic acids is 1. The summed E-state index contributed by atoms with van der Waals surface area (Å²) < 4.78 is 4.61. The summed E-state index contributed by atoms with van der Waals surface area (Å²) in [5.74, 6) is 1.43. The number of likely N-dealkylation sites (tertiary alicyclic amines) is 1. The Bertz CT molecular complexity index is 292. The van der Waals surface area contributed by atoms with Crippen molar-refractivity contribution in [2.45, 2.75) is 33.1 Å². The molecule has 1 atom stereocenters. The lowest BCUT2D eigenvalue weighted by molar-refractivity contribution is -0.140. The van der Waals surface area contributed by atoms with Gasteiger partial charge in [-0.3, -0.25) is 9.79 Å². The van der Waals surface area contributed by atoms with Gasteiger partial charge in [0.05, 0.1) is 20.1 Å². The van der Waals surface area contributed by atoms with Crippen LogP contribution >= 0.6 is 0 Å². The summed E-state index contributed by atoms with van der Waals surface area (Å²) in [5.41, 5.74) is 0. The Hall–Kier alpha value is -1.26. The molecule has 0 aromatic rings. The van der Waals surface area contributed by atoms with Crippen LogP contribution in [0.3, 0.4) is 0 Å². The highest BCUT2D eigenvalue weighted by atomic mass is 16.5. The molecule has 0 spiro atoms. The highest BCUT2D eigenvalue weighted by molar-refractivity contribution is 5.80. The molecular formula is C13H25N3O2. The van der Waals surface area contributed by atoms with Crippen molar-refractivity contribution in [3.8, 4) is 0 Å². The second-order valence-electron chi connectivity index (χ2n) is 4.76. The quantitative estimate of drug-likeness (QED) is 0.466. The number of piperidine rings is 1. The molecule has 5 heteroatoms. The highest BCUT2D eigenvalue weighted by Crippen LogP contribution is 2.15. The van der Waals surface area contributed by atoms with Crippen molar-refractivity contribution in [2.24, 2.45) is 10.9 Å². The molecule has 5 nitrogen and oxygen atoms in total. The number of esters is 1. The van der Waals surface area contributed by atoms with E-state index in [2.05, 4.69) is 33.8 Å². The molecule has 0 bridgehead atoms. The zero-order valence-corrected chi connectivity index (χ0v) is 11.7.